The Bertz CT molecular complexity index is 641. The molecule has 0 bridgehead atoms. The Morgan fingerprint density at radius 2 is 1.83 bits per heavy atom. The zero-order valence-electron chi connectivity index (χ0n) is 14.5. The van der Waals surface area contributed by atoms with Crippen molar-refractivity contribution in [1.29, 1.82) is 0 Å². The zero-order valence-corrected chi connectivity index (χ0v) is 14.5. The lowest BCUT2D eigenvalue weighted by molar-refractivity contribution is 0.0436. The van der Waals surface area contributed by atoms with E-state index in [0.717, 1.165) is 31.5 Å². The van der Waals surface area contributed by atoms with E-state index in [0.29, 0.717) is 6.04 Å². The van der Waals surface area contributed by atoms with Crippen LogP contribution in [0.3, 0.4) is 0 Å². The van der Waals surface area contributed by atoms with E-state index in [-0.39, 0.29) is 0 Å². The highest BCUT2D eigenvalue weighted by molar-refractivity contribution is 5.15. The molecule has 1 aromatic carbocycles. The normalized spacial score (nSPS) is 21.5. The van der Waals surface area contributed by atoms with Gasteiger partial charge in [-0.2, -0.15) is 0 Å². The van der Waals surface area contributed by atoms with Crippen LogP contribution in [0.1, 0.15) is 43.6 Å². The molecule has 24 heavy (non-hydrogen) atoms. The van der Waals surface area contributed by atoms with Crippen LogP contribution in [0.4, 0.5) is 0 Å². The summed E-state index contributed by atoms with van der Waals surface area (Å²) in [5.74, 6) is 1.08. The summed E-state index contributed by atoms with van der Waals surface area (Å²) in [5.41, 5.74) is 1.29. The van der Waals surface area contributed by atoms with Crippen molar-refractivity contribution in [2.24, 2.45) is 0 Å². The summed E-state index contributed by atoms with van der Waals surface area (Å²) >= 11 is 0. The number of hydrogen-bond donors (Lipinski definition) is 0. The number of aromatic nitrogens is 3. The van der Waals surface area contributed by atoms with Crippen molar-refractivity contribution in [3.63, 3.8) is 0 Å². The molecular weight excluding hydrogens is 298 g/mol. The van der Waals surface area contributed by atoms with E-state index in [4.69, 9.17) is 0 Å². The Labute approximate surface area is 144 Å². The smallest absolute Gasteiger partial charge is 0.150 e. The first kappa shape index (κ1) is 15.8. The van der Waals surface area contributed by atoms with E-state index in [1.165, 1.54) is 37.9 Å². The number of rotatable bonds is 5. The molecule has 5 heteroatoms. The minimum Gasteiger partial charge on any atom is -0.312 e. The Balaban J connectivity index is 1.40. The zero-order chi connectivity index (χ0) is 16.4. The van der Waals surface area contributed by atoms with E-state index in [1.54, 1.807) is 0 Å². The highest BCUT2D eigenvalue weighted by Gasteiger charge is 2.30. The average Bonchev–Trinajstić information content (AvgIpc) is 3.02. The molecule has 0 amide bonds. The summed E-state index contributed by atoms with van der Waals surface area (Å²) in [5, 5.41) is 8.60. The van der Waals surface area contributed by atoms with Crippen LogP contribution in [-0.2, 0) is 6.54 Å². The van der Waals surface area contributed by atoms with Gasteiger partial charge in [-0.15, -0.1) is 10.2 Å². The first-order valence-electron chi connectivity index (χ1n) is 9.21. The maximum Gasteiger partial charge on any atom is 0.150 e. The van der Waals surface area contributed by atoms with Gasteiger partial charge in [0.25, 0.3) is 0 Å². The fraction of sp³-hybridized carbons (Fsp3) is 0.579. The van der Waals surface area contributed by atoms with Gasteiger partial charge in [0.1, 0.15) is 12.2 Å². The standard InChI is InChI=1S/C19H27N5/c1-16(22-10-12-23(13-11-22)18-8-5-9-18)19-21-20-15-24(19)14-17-6-3-2-4-7-17/h2-4,6-7,15-16,18H,5,8-14H2,1H3. The number of benzene rings is 1. The lowest BCUT2D eigenvalue weighted by Crippen LogP contribution is -2.52. The second kappa shape index (κ2) is 7.03. The molecule has 0 radical (unpaired) electrons. The Kier molecular flexibility index (Phi) is 4.63. The van der Waals surface area contributed by atoms with Crippen LogP contribution in [0.5, 0.6) is 0 Å². The molecule has 0 spiro atoms. The molecule has 2 fully saturated rings. The van der Waals surface area contributed by atoms with Crippen molar-refractivity contribution in [2.75, 3.05) is 26.2 Å². The van der Waals surface area contributed by atoms with Crippen LogP contribution < -0.4 is 0 Å². The van der Waals surface area contributed by atoms with Crippen LogP contribution >= 0.6 is 0 Å². The van der Waals surface area contributed by atoms with Gasteiger partial charge in [0.2, 0.25) is 0 Å². The summed E-state index contributed by atoms with van der Waals surface area (Å²) in [6.07, 6.45) is 6.09. The summed E-state index contributed by atoms with van der Waals surface area (Å²) < 4.78 is 2.19. The molecular formula is C19H27N5. The van der Waals surface area contributed by atoms with Gasteiger partial charge in [0, 0.05) is 32.2 Å². The van der Waals surface area contributed by atoms with Gasteiger partial charge < -0.3 is 4.57 Å². The molecule has 2 heterocycles. The molecule has 1 saturated heterocycles. The third kappa shape index (κ3) is 3.23. The lowest BCUT2D eigenvalue weighted by Gasteiger charge is -2.44. The highest BCUT2D eigenvalue weighted by atomic mass is 15.3. The second-order valence-electron chi connectivity index (χ2n) is 7.14. The predicted octanol–water partition coefficient (Wildman–Crippen LogP) is 2.56. The van der Waals surface area contributed by atoms with Gasteiger partial charge in [-0.3, -0.25) is 9.80 Å². The SMILES string of the molecule is CC(c1nncn1Cc1ccccc1)N1CCN(C2CCC2)CC1. The van der Waals surface area contributed by atoms with Crippen molar-refractivity contribution in [3.8, 4) is 0 Å². The predicted molar refractivity (Wildman–Crippen MR) is 94.8 cm³/mol. The fourth-order valence-electron chi connectivity index (χ4n) is 3.89. The molecule has 4 rings (SSSR count). The Morgan fingerprint density at radius 1 is 1.08 bits per heavy atom. The average molecular weight is 325 g/mol. The third-order valence-electron chi connectivity index (χ3n) is 5.70. The van der Waals surface area contributed by atoms with E-state index in [1.807, 2.05) is 6.33 Å². The minimum absolute atomic E-state index is 0.319. The Morgan fingerprint density at radius 3 is 2.50 bits per heavy atom. The summed E-state index contributed by atoms with van der Waals surface area (Å²) in [4.78, 5) is 5.24. The van der Waals surface area contributed by atoms with Crippen LogP contribution in [0, 0.1) is 0 Å². The molecule has 0 N–H and O–H groups in total. The topological polar surface area (TPSA) is 37.2 Å². The summed E-state index contributed by atoms with van der Waals surface area (Å²) in [6, 6.07) is 11.7. The summed E-state index contributed by atoms with van der Waals surface area (Å²) in [6.45, 7) is 7.77. The second-order valence-corrected chi connectivity index (χ2v) is 7.14. The van der Waals surface area contributed by atoms with Crippen LogP contribution in [-0.4, -0.2) is 56.8 Å². The highest BCUT2D eigenvalue weighted by Crippen LogP contribution is 2.27. The van der Waals surface area contributed by atoms with Crippen LogP contribution in [0.2, 0.25) is 0 Å². The Hall–Kier alpha value is -1.72. The number of nitrogens with zero attached hydrogens (tertiary/aromatic N) is 5. The molecule has 1 aliphatic carbocycles. The van der Waals surface area contributed by atoms with Gasteiger partial charge >= 0.3 is 0 Å². The lowest BCUT2D eigenvalue weighted by atomic mass is 9.91. The maximum absolute atomic E-state index is 4.43. The molecule has 1 aliphatic heterocycles. The van der Waals surface area contributed by atoms with Crippen LogP contribution in [0.15, 0.2) is 36.7 Å². The molecule has 1 atom stereocenters. The molecule has 2 aromatic rings. The van der Waals surface area contributed by atoms with Gasteiger partial charge in [-0.05, 0) is 25.3 Å². The molecule has 2 aliphatic rings. The van der Waals surface area contributed by atoms with E-state index < -0.39 is 0 Å². The fourth-order valence-corrected chi connectivity index (χ4v) is 3.89. The van der Waals surface area contributed by atoms with Crippen molar-refractivity contribution < 1.29 is 0 Å². The van der Waals surface area contributed by atoms with Crippen molar-refractivity contribution in [1.82, 2.24) is 24.6 Å². The van der Waals surface area contributed by atoms with Gasteiger partial charge in [0.05, 0.1) is 12.6 Å². The van der Waals surface area contributed by atoms with Gasteiger partial charge in [-0.1, -0.05) is 36.8 Å². The van der Waals surface area contributed by atoms with Crippen molar-refractivity contribution in [2.45, 2.75) is 44.8 Å². The minimum atomic E-state index is 0.319. The van der Waals surface area contributed by atoms with E-state index in [2.05, 4.69) is 61.8 Å². The van der Waals surface area contributed by atoms with Crippen molar-refractivity contribution in [3.05, 3.63) is 48.0 Å². The molecule has 128 valence electrons. The quantitative estimate of drug-likeness (QED) is 0.847. The molecule has 1 unspecified atom stereocenters. The first-order valence-corrected chi connectivity index (χ1v) is 9.21. The van der Waals surface area contributed by atoms with Gasteiger partial charge in [-0.25, -0.2) is 0 Å². The monoisotopic (exact) mass is 325 g/mol. The molecule has 1 saturated carbocycles. The maximum atomic E-state index is 4.43. The largest absolute Gasteiger partial charge is 0.312 e. The van der Waals surface area contributed by atoms with E-state index >= 15 is 0 Å². The van der Waals surface area contributed by atoms with Gasteiger partial charge in [0.15, 0.2) is 0 Å². The first-order chi connectivity index (χ1) is 11.8. The molecule has 5 nitrogen and oxygen atoms in total. The van der Waals surface area contributed by atoms with Crippen molar-refractivity contribution >= 4 is 0 Å². The van der Waals surface area contributed by atoms with E-state index in [9.17, 15) is 0 Å². The number of piperazine rings is 1. The number of hydrogen-bond acceptors (Lipinski definition) is 4. The molecule has 1 aromatic heterocycles. The van der Waals surface area contributed by atoms with Crippen LogP contribution in [0.25, 0.3) is 0 Å². The summed E-state index contributed by atoms with van der Waals surface area (Å²) in [7, 11) is 0. The third-order valence-corrected chi connectivity index (χ3v) is 5.70.